The molecule has 0 saturated carbocycles. The number of ether oxygens (including phenoxy) is 1. The minimum absolute atomic E-state index is 0.0179. The number of nitrogens with zero attached hydrogens (tertiary/aromatic N) is 1. The van der Waals surface area contributed by atoms with Crippen LogP contribution in [0.4, 0.5) is 5.69 Å². The maximum absolute atomic E-state index is 12.9. The molecule has 1 aliphatic heterocycles. The topological polar surface area (TPSA) is 59.8 Å². The van der Waals surface area contributed by atoms with E-state index < -0.39 is 5.63 Å². The van der Waals surface area contributed by atoms with Gasteiger partial charge in [-0.25, -0.2) is 4.79 Å². The normalized spacial score (nSPS) is 13.1. The van der Waals surface area contributed by atoms with E-state index in [0.29, 0.717) is 23.3 Å². The Morgan fingerprint density at radius 1 is 1.24 bits per heavy atom. The van der Waals surface area contributed by atoms with Gasteiger partial charge in [0.1, 0.15) is 5.56 Å². The summed E-state index contributed by atoms with van der Waals surface area (Å²) in [7, 11) is 1.50. The predicted octanol–water partition coefficient (Wildman–Crippen LogP) is 3.77. The average Bonchev–Trinajstić information content (AvgIpc) is 3.04. The Balaban J connectivity index is 1.83. The minimum Gasteiger partial charge on any atom is -0.493 e. The van der Waals surface area contributed by atoms with Crippen molar-refractivity contribution in [1.82, 2.24) is 0 Å². The van der Waals surface area contributed by atoms with E-state index in [2.05, 4.69) is 15.9 Å². The van der Waals surface area contributed by atoms with E-state index in [1.807, 2.05) is 24.3 Å². The second-order valence-corrected chi connectivity index (χ2v) is 6.73. The van der Waals surface area contributed by atoms with Gasteiger partial charge in [0.15, 0.2) is 11.3 Å². The molecule has 0 N–H and O–H groups in total. The Hall–Kier alpha value is -2.60. The van der Waals surface area contributed by atoms with Crippen LogP contribution in [0.15, 0.2) is 56.1 Å². The van der Waals surface area contributed by atoms with Crippen molar-refractivity contribution in [3.63, 3.8) is 0 Å². The Kier molecular flexibility index (Phi) is 3.84. The number of fused-ring (bicyclic) bond motifs is 2. The van der Waals surface area contributed by atoms with Crippen molar-refractivity contribution in [3.8, 4) is 5.75 Å². The first-order valence-corrected chi connectivity index (χ1v) is 8.59. The predicted molar refractivity (Wildman–Crippen MR) is 98.6 cm³/mol. The second kappa shape index (κ2) is 6.04. The van der Waals surface area contributed by atoms with Crippen LogP contribution in [-0.2, 0) is 6.42 Å². The lowest BCUT2D eigenvalue weighted by Gasteiger charge is -2.17. The summed E-state index contributed by atoms with van der Waals surface area (Å²) >= 11 is 3.40. The molecule has 5 nitrogen and oxygen atoms in total. The number of para-hydroxylation sites is 1. The molecule has 6 heteroatoms. The van der Waals surface area contributed by atoms with Gasteiger partial charge in [-0.15, -0.1) is 0 Å². The molecule has 0 atom stereocenters. The van der Waals surface area contributed by atoms with Crippen molar-refractivity contribution < 1.29 is 13.9 Å². The van der Waals surface area contributed by atoms with E-state index in [0.717, 1.165) is 22.1 Å². The van der Waals surface area contributed by atoms with Gasteiger partial charge < -0.3 is 14.1 Å². The maximum Gasteiger partial charge on any atom is 0.349 e. The molecular weight excluding hydrogens is 386 g/mol. The van der Waals surface area contributed by atoms with Crippen molar-refractivity contribution in [2.24, 2.45) is 0 Å². The van der Waals surface area contributed by atoms with Gasteiger partial charge in [-0.1, -0.05) is 34.1 Å². The van der Waals surface area contributed by atoms with Gasteiger partial charge in [0.25, 0.3) is 5.91 Å². The standard InChI is InChI=1S/C19H14BrNO4/c1-24-16-10-13(20)8-12-9-14(19(23)25-17(12)16)18(22)21-7-6-11-4-2-3-5-15(11)21/h2-5,8-10H,6-7H2,1H3. The Bertz CT molecular complexity index is 1060. The summed E-state index contributed by atoms with van der Waals surface area (Å²) in [6.07, 6.45) is 0.778. The van der Waals surface area contributed by atoms with E-state index in [4.69, 9.17) is 9.15 Å². The van der Waals surface area contributed by atoms with Crippen molar-refractivity contribution in [2.75, 3.05) is 18.6 Å². The van der Waals surface area contributed by atoms with Crippen molar-refractivity contribution in [1.29, 1.82) is 0 Å². The molecule has 4 rings (SSSR count). The average molecular weight is 400 g/mol. The van der Waals surface area contributed by atoms with E-state index >= 15 is 0 Å². The zero-order chi connectivity index (χ0) is 17.6. The molecule has 1 aliphatic rings. The SMILES string of the molecule is COc1cc(Br)cc2cc(C(=O)N3CCc4ccccc43)c(=O)oc12. The zero-order valence-corrected chi connectivity index (χ0v) is 15.0. The van der Waals surface area contributed by atoms with E-state index in [9.17, 15) is 9.59 Å². The van der Waals surface area contributed by atoms with Gasteiger partial charge in [0.2, 0.25) is 0 Å². The number of hydrogen-bond donors (Lipinski definition) is 0. The molecule has 0 aliphatic carbocycles. The monoisotopic (exact) mass is 399 g/mol. The summed E-state index contributed by atoms with van der Waals surface area (Å²) < 4.78 is 11.4. The highest BCUT2D eigenvalue weighted by Crippen LogP contribution is 2.31. The molecule has 2 heterocycles. The molecule has 1 aromatic heterocycles. The lowest BCUT2D eigenvalue weighted by atomic mass is 10.1. The van der Waals surface area contributed by atoms with E-state index in [1.165, 1.54) is 7.11 Å². The fraction of sp³-hybridized carbons (Fsp3) is 0.158. The summed E-state index contributed by atoms with van der Waals surface area (Å²) in [4.78, 5) is 27.0. The number of carbonyl (C=O) groups is 1. The van der Waals surface area contributed by atoms with Crippen LogP contribution in [0.1, 0.15) is 15.9 Å². The number of anilines is 1. The van der Waals surface area contributed by atoms with Gasteiger partial charge >= 0.3 is 5.63 Å². The lowest BCUT2D eigenvalue weighted by molar-refractivity contribution is 0.0986. The first-order chi connectivity index (χ1) is 12.1. The third-order valence-electron chi connectivity index (χ3n) is 4.35. The van der Waals surface area contributed by atoms with E-state index in [1.54, 1.807) is 23.1 Å². The molecule has 0 spiro atoms. The number of rotatable bonds is 2. The fourth-order valence-corrected chi connectivity index (χ4v) is 3.62. The Labute approximate surface area is 151 Å². The first-order valence-electron chi connectivity index (χ1n) is 7.79. The van der Waals surface area contributed by atoms with Gasteiger partial charge in [-0.05, 0) is 36.2 Å². The Morgan fingerprint density at radius 3 is 2.84 bits per heavy atom. The highest BCUT2D eigenvalue weighted by atomic mass is 79.9. The van der Waals surface area contributed by atoms with Gasteiger partial charge in [0, 0.05) is 22.1 Å². The van der Waals surface area contributed by atoms with Crippen LogP contribution < -0.4 is 15.3 Å². The van der Waals surface area contributed by atoms with Gasteiger partial charge in [-0.3, -0.25) is 4.79 Å². The summed E-state index contributed by atoms with van der Waals surface area (Å²) in [5.74, 6) is 0.0894. The maximum atomic E-state index is 12.9. The molecule has 126 valence electrons. The molecule has 2 aromatic carbocycles. The molecule has 0 bridgehead atoms. The van der Waals surface area contributed by atoms with Crippen LogP contribution in [0.2, 0.25) is 0 Å². The lowest BCUT2D eigenvalue weighted by Crippen LogP contribution is -2.32. The van der Waals surface area contributed by atoms with Crippen molar-refractivity contribution in [2.45, 2.75) is 6.42 Å². The summed E-state index contributed by atoms with van der Waals surface area (Å²) in [5, 5.41) is 0.627. The quantitative estimate of drug-likeness (QED) is 0.615. The number of amides is 1. The molecule has 3 aromatic rings. The highest BCUT2D eigenvalue weighted by Gasteiger charge is 2.28. The fourth-order valence-electron chi connectivity index (χ4n) is 3.16. The largest absolute Gasteiger partial charge is 0.493 e. The molecule has 0 unspecified atom stereocenters. The number of carbonyl (C=O) groups excluding carboxylic acids is 1. The molecule has 25 heavy (non-hydrogen) atoms. The molecule has 1 amide bonds. The molecular formula is C19H14BrNO4. The molecule has 0 saturated heterocycles. The van der Waals surface area contributed by atoms with Gasteiger partial charge in [0.05, 0.1) is 7.11 Å². The van der Waals surface area contributed by atoms with Crippen molar-refractivity contribution in [3.05, 3.63) is 68.5 Å². The molecule has 0 fully saturated rings. The van der Waals surface area contributed by atoms with E-state index in [-0.39, 0.29) is 11.5 Å². The number of halogens is 1. The van der Waals surface area contributed by atoms with Gasteiger partial charge in [-0.2, -0.15) is 0 Å². The van der Waals surface area contributed by atoms with Crippen LogP contribution in [0.5, 0.6) is 5.75 Å². The zero-order valence-electron chi connectivity index (χ0n) is 13.4. The first kappa shape index (κ1) is 15.9. The van der Waals surface area contributed by atoms with Crippen LogP contribution in [0.3, 0.4) is 0 Å². The number of benzene rings is 2. The van der Waals surface area contributed by atoms with Crippen LogP contribution in [0, 0.1) is 0 Å². The third-order valence-corrected chi connectivity index (χ3v) is 4.80. The third kappa shape index (κ3) is 2.62. The summed E-state index contributed by atoms with van der Waals surface area (Å²) in [6, 6.07) is 12.8. The molecule has 0 radical (unpaired) electrons. The smallest absolute Gasteiger partial charge is 0.349 e. The minimum atomic E-state index is -0.664. The highest BCUT2D eigenvalue weighted by molar-refractivity contribution is 9.10. The number of hydrogen-bond acceptors (Lipinski definition) is 4. The van der Waals surface area contributed by atoms with Crippen molar-refractivity contribution >= 4 is 38.5 Å². The summed E-state index contributed by atoms with van der Waals surface area (Å²) in [5.41, 5.74) is 1.63. The Morgan fingerprint density at radius 2 is 2.04 bits per heavy atom. The van der Waals surface area contributed by atoms with Crippen LogP contribution in [0.25, 0.3) is 11.0 Å². The van der Waals surface area contributed by atoms with Crippen LogP contribution >= 0.6 is 15.9 Å². The van der Waals surface area contributed by atoms with Crippen LogP contribution in [-0.4, -0.2) is 19.6 Å². The number of methoxy groups -OCH3 is 1. The summed E-state index contributed by atoms with van der Waals surface area (Å²) in [6.45, 7) is 0.553. The second-order valence-electron chi connectivity index (χ2n) is 5.81.